The van der Waals surface area contributed by atoms with E-state index in [-0.39, 0.29) is 17.0 Å². The maximum Gasteiger partial charge on any atom is 0.104 e. The molecule has 2 nitrogen and oxygen atoms in total. The molecule has 0 unspecified atom stereocenters. The number of thiophene rings is 1. The van der Waals surface area contributed by atoms with Crippen molar-refractivity contribution >= 4 is 38.5 Å². The highest BCUT2D eigenvalue weighted by molar-refractivity contribution is 8.93. The summed E-state index contributed by atoms with van der Waals surface area (Å²) >= 11 is 1.68. The van der Waals surface area contributed by atoms with Gasteiger partial charge in [0.2, 0.25) is 0 Å². The maximum absolute atomic E-state index is 3.90. The van der Waals surface area contributed by atoms with Crippen LogP contribution < -0.4 is 0 Å². The first-order chi connectivity index (χ1) is 4.47. The Balaban J connectivity index is 0.000000500. The maximum atomic E-state index is 3.90. The minimum absolute atomic E-state index is 0. The Morgan fingerprint density at radius 1 is 1.30 bits per heavy atom. The van der Waals surface area contributed by atoms with E-state index in [1.54, 1.807) is 17.5 Å². The number of hydrogen-bond acceptors (Lipinski definition) is 3. The van der Waals surface area contributed by atoms with Crippen LogP contribution in [0.25, 0.3) is 10.2 Å². The largest absolute Gasteiger partial charge is 0.158 e. The van der Waals surface area contributed by atoms with E-state index >= 15 is 0 Å². The number of aromatic nitrogens is 2. The van der Waals surface area contributed by atoms with Gasteiger partial charge in [0, 0.05) is 0 Å². The van der Waals surface area contributed by atoms with Crippen LogP contribution in [0.3, 0.4) is 0 Å². The first-order valence-corrected chi connectivity index (χ1v) is 3.50. The fraction of sp³-hybridized carbons (Fsp3) is 0. The van der Waals surface area contributed by atoms with Crippen LogP contribution in [0, 0.1) is 0 Å². The highest BCUT2D eigenvalue weighted by Gasteiger charge is 1.90. The third-order valence-corrected chi connectivity index (χ3v) is 2.00. The van der Waals surface area contributed by atoms with Crippen molar-refractivity contribution in [2.24, 2.45) is 0 Å². The Kier molecular flexibility index (Phi) is 2.34. The molecule has 0 aliphatic heterocycles. The Bertz CT molecular complexity index is 290. The topological polar surface area (TPSA) is 25.8 Å². The molecule has 4 heteroatoms. The fourth-order valence-electron chi connectivity index (χ4n) is 0.718. The van der Waals surface area contributed by atoms with Crippen LogP contribution in [0.4, 0.5) is 0 Å². The molecule has 0 amide bonds. The summed E-state index contributed by atoms with van der Waals surface area (Å²) in [5.74, 6) is 0. The molecule has 0 saturated heterocycles. The Labute approximate surface area is 72.7 Å². The molecule has 0 spiro atoms. The zero-order chi connectivity index (χ0) is 6.10. The predicted molar refractivity (Wildman–Crippen MR) is 47.7 cm³/mol. The van der Waals surface area contributed by atoms with Gasteiger partial charge in [-0.15, -0.1) is 33.4 Å². The first-order valence-electron chi connectivity index (χ1n) is 2.62. The monoisotopic (exact) mass is 216 g/mol. The van der Waals surface area contributed by atoms with E-state index in [1.807, 2.05) is 17.5 Å². The summed E-state index contributed by atoms with van der Waals surface area (Å²) in [6.07, 6.45) is 1.71. The number of fused-ring (bicyclic) bond motifs is 1. The molecule has 0 radical (unpaired) electrons. The van der Waals surface area contributed by atoms with Gasteiger partial charge in [0.15, 0.2) is 0 Å². The van der Waals surface area contributed by atoms with Gasteiger partial charge in [-0.2, -0.15) is 5.10 Å². The molecule has 0 aliphatic carbocycles. The fourth-order valence-corrected chi connectivity index (χ4v) is 1.43. The van der Waals surface area contributed by atoms with Crippen LogP contribution in [0.5, 0.6) is 0 Å². The van der Waals surface area contributed by atoms with Gasteiger partial charge in [0.25, 0.3) is 0 Å². The molecule has 2 rings (SSSR count). The Morgan fingerprint density at radius 2 is 2.20 bits per heavy atom. The van der Waals surface area contributed by atoms with Crippen LogP contribution in [-0.2, 0) is 0 Å². The lowest BCUT2D eigenvalue weighted by atomic mass is 10.5. The number of halogens is 1. The van der Waals surface area contributed by atoms with Gasteiger partial charge in [0.05, 0.1) is 10.9 Å². The molecule has 0 saturated carbocycles. The van der Waals surface area contributed by atoms with Crippen molar-refractivity contribution in [2.45, 2.75) is 0 Å². The van der Waals surface area contributed by atoms with Gasteiger partial charge in [-0.1, -0.05) is 0 Å². The third-order valence-electron chi connectivity index (χ3n) is 1.13. The number of hydrogen-bond donors (Lipinski definition) is 0. The van der Waals surface area contributed by atoms with Crippen molar-refractivity contribution < 1.29 is 0 Å². The first kappa shape index (κ1) is 7.63. The highest BCUT2D eigenvalue weighted by atomic mass is 79.9. The lowest BCUT2D eigenvalue weighted by Gasteiger charge is -1.80. The van der Waals surface area contributed by atoms with Gasteiger partial charge in [0.1, 0.15) is 5.52 Å². The van der Waals surface area contributed by atoms with Crippen LogP contribution in [0.2, 0.25) is 0 Å². The van der Waals surface area contributed by atoms with Crippen molar-refractivity contribution in [3.63, 3.8) is 0 Å². The normalized spacial score (nSPS) is 9.20. The quantitative estimate of drug-likeness (QED) is 0.676. The predicted octanol–water partition coefficient (Wildman–Crippen LogP) is 2.27. The SMILES string of the molecule is Br.c1cc2sccc2nn1. The van der Waals surface area contributed by atoms with E-state index in [2.05, 4.69) is 10.2 Å². The third kappa shape index (κ3) is 1.17. The molecule has 0 N–H and O–H groups in total. The molecule has 2 aromatic heterocycles. The number of nitrogens with zero attached hydrogens (tertiary/aromatic N) is 2. The molecule has 2 aromatic rings. The van der Waals surface area contributed by atoms with Crippen molar-refractivity contribution in [2.75, 3.05) is 0 Å². The summed E-state index contributed by atoms with van der Waals surface area (Å²) in [5.41, 5.74) is 0.988. The molecule has 2 heterocycles. The molecular formula is C6H5BrN2S. The second-order valence-corrected chi connectivity index (χ2v) is 2.65. The standard InChI is InChI=1S/C6H4N2S.BrH/c1-3-7-8-5-2-4-9-6(1)5;/h1-4H;1H. The van der Waals surface area contributed by atoms with E-state index in [4.69, 9.17) is 0 Å². The van der Waals surface area contributed by atoms with Gasteiger partial charge in [-0.05, 0) is 17.5 Å². The molecule has 0 bridgehead atoms. The zero-order valence-corrected chi connectivity index (χ0v) is 7.55. The van der Waals surface area contributed by atoms with Gasteiger partial charge in [-0.25, -0.2) is 0 Å². The minimum Gasteiger partial charge on any atom is -0.158 e. The molecule has 0 fully saturated rings. The highest BCUT2D eigenvalue weighted by Crippen LogP contribution is 2.15. The van der Waals surface area contributed by atoms with Crippen LogP contribution in [-0.4, -0.2) is 10.2 Å². The van der Waals surface area contributed by atoms with Crippen molar-refractivity contribution in [3.8, 4) is 0 Å². The van der Waals surface area contributed by atoms with E-state index in [1.165, 1.54) is 4.70 Å². The smallest absolute Gasteiger partial charge is 0.104 e. The van der Waals surface area contributed by atoms with Crippen molar-refractivity contribution in [3.05, 3.63) is 23.7 Å². The average Bonchev–Trinajstić information content (AvgIpc) is 2.33. The summed E-state index contributed by atoms with van der Waals surface area (Å²) in [7, 11) is 0. The molecule has 0 aliphatic rings. The molecule has 0 atom stereocenters. The minimum atomic E-state index is 0. The summed E-state index contributed by atoms with van der Waals surface area (Å²) in [6.45, 7) is 0. The molecular weight excluding hydrogens is 212 g/mol. The number of rotatable bonds is 0. The van der Waals surface area contributed by atoms with Gasteiger partial charge < -0.3 is 0 Å². The van der Waals surface area contributed by atoms with E-state index < -0.39 is 0 Å². The average molecular weight is 217 g/mol. The lowest BCUT2D eigenvalue weighted by molar-refractivity contribution is 1.08. The lowest BCUT2D eigenvalue weighted by Crippen LogP contribution is -1.74. The zero-order valence-electron chi connectivity index (χ0n) is 5.02. The second kappa shape index (κ2) is 3.07. The van der Waals surface area contributed by atoms with Crippen LogP contribution in [0.15, 0.2) is 23.7 Å². The molecule has 52 valence electrons. The summed E-state index contributed by atoms with van der Waals surface area (Å²) in [6, 6.07) is 3.93. The van der Waals surface area contributed by atoms with E-state index in [0.717, 1.165) is 5.52 Å². The molecule has 0 aromatic carbocycles. The van der Waals surface area contributed by atoms with E-state index in [0.29, 0.717) is 0 Å². The van der Waals surface area contributed by atoms with Crippen molar-refractivity contribution in [1.29, 1.82) is 0 Å². The Hall–Kier alpha value is -0.480. The van der Waals surface area contributed by atoms with Gasteiger partial charge in [-0.3, -0.25) is 0 Å². The summed E-state index contributed by atoms with van der Waals surface area (Å²) < 4.78 is 1.20. The van der Waals surface area contributed by atoms with Crippen LogP contribution in [0.1, 0.15) is 0 Å². The second-order valence-electron chi connectivity index (χ2n) is 1.70. The Morgan fingerprint density at radius 3 is 3.00 bits per heavy atom. The summed E-state index contributed by atoms with van der Waals surface area (Å²) in [4.78, 5) is 0. The summed E-state index contributed by atoms with van der Waals surface area (Å²) in [5, 5.41) is 9.66. The van der Waals surface area contributed by atoms with Crippen molar-refractivity contribution in [1.82, 2.24) is 10.2 Å². The van der Waals surface area contributed by atoms with Crippen LogP contribution >= 0.6 is 28.3 Å². The van der Waals surface area contributed by atoms with E-state index in [9.17, 15) is 0 Å². The molecule has 10 heavy (non-hydrogen) atoms. The van der Waals surface area contributed by atoms with Gasteiger partial charge >= 0.3 is 0 Å².